The van der Waals surface area contributed by atoms with Crippen molar-refractivity contribution in [2.24, 2.45) is 17.6 Å². The summed E-state index contributed by atoms with van der Waals surface area (Å²) < 4.78 is 0. The average Bonchev–Trinajstić information content (AvgIpc) is 2.03. The molecule has 1 aliphatic carbocycles. The van der Waals surface area contributed by atoms with E-state index in [9.17, 15) is 4.79 Å². The molecule has 0 bridgehead atoms. The molecule has 1 aliphatic rings. The summed E-state index contributed by atoms with van der Waals surface area (Å²) in [6, 6.07) is 0.225. The van der Waals surface area contributed by atoms with Gasteiger partial charge in [0, 0.05) is 12.5 Å². The van der Waals surface area contributed by atoms with Gasteiger partial charge in [0.25, 0.3) is 0 Å². The number of aliphatic carboxylic acids is 1. The number of carbonyl (C=O) groups is 1. The highest BCUT2D eigenvalue weighted by Crippen LogP contribution is 2.30. The Morgan fingerprint density at radius 3 is 2.69 bits per heavy atom. The molecule has 0 heterocycles. The third-order valence-electron chi connectivity index (χ3n) is 3.10. The summed E-state index contributed by atoms with van der Waals surface area (Å²) in [6.45, 7) is 2.00. The highest BCUT2D eigenvalue weighted by molar-refractivity contribution is 5.67. The maximum Gasteiger partial charge on any atom is 0.303 e. The maximum atomic E-state index is 10.5. The Bertz CT molecular complexity index is 182. The first kappa shape index (κ1) is 10.5. The Morgan fingerprint density at radius 1 is 1.54 bits per heavy atom. The van der Waals surface area contributed by atoms with Crippen LogP contribution < -0.4 is 5.73 Å². The fourth-order valence-corrected chi connectivity index (χ4v) is 2.32. The predicted octanol–water partition coefficient (Wildman–Crippen LogP) is 1.61. The van der Waals surface area contributed by atoms with Crippen LogP contribution in [0.15, 0.2) is 0 Å². The molecule has 1 fully saturated rings. The van der Waals surface area contributed by atoms with Crippen molar-refractivity contribution in [3.8, 4) is 0 Å². The van der Waals surface area contributed by atoms with Crippen molar-refractivity contribution in [2.45, 2.75) is 45.1 Å². The van der Waals surface area contributed by atoms with Gasteiger partial charge in [-0.25, -0.2) is 0 Å². The van der Waals surface area contributed by atoms with Crippen LogP contribution in [0.25, 0.3) is 0 Å². The summed E-state index contributed by atoms with van der Waals surface area (Å²) in [5, 5.41) is 8.66. The van der Waals surface area contributed by atoms with Crippen molar-refractivity contribution in [3.05, 3.63) is 0 Å². The molecule has 0 radical (unpaired) electrons. The molecule has 1 saturated carbocycles. The van der Waals surface area contributed by atoms with E-state index in [4.69, 9.17) is 10.8 Å². The number of carboxylic acids is 1. The Hall–Kier alpha value is -0.570. The van der Waals surface area contributed by atoms with Crippen LogP contribution in [0.1, 0.15) is 39.0 Å². The second-order valence-corrected chi connectivity index (χ2v) is 4.19. The van der Waals surface area contributed by atoms with Gasteiger partial charge in [0.1, 0.15) is 0 Å². The van der Waals surface area contributed by atoms with Crippen molar-refractivity contribution < 1.29 is 9.90 Å². The molecule has 3 heteroatoms. The molecule has 3 N–H and O–H groups in total. The highest BCUT2D eigenvalue weighted by Gasteiger charge is 2.27. The van der Waals surface area contributed by atoms with Crippen LogP contribution >= 0.6 is 0 Å². The fraction of sp³-hybridized carbons (Fsp3) is 0.900. The molecule has 0 amide bonds. The number of hydrogen-bond acceptors (Lipinski definition) is 2. The molecule has 13 heavy (non-hydrogen) atoms. The largest absolute Gasteiger partial charge is 0.481 e. The highest BCUT2D eigenvalue weighted by atomic mass is 16.4. The van der Waals surface area contributed by atoms with Gasteiger partial charge in [-0.2, -0.15) is 0 Å². The molecule has 3 nitrogen and oxygen atoms in total. The van der Waals surface area contributed by atoms with Crippen molar-refractivity contribution in [1.82, 2.24) is 0 Å². The van der Waals surface area contributed by atoms with Crippen LogP contribution in [0, 0.1) is 11.8 Å². The first-order chi connectivity index (χ1) is 6.11. The van der Waals surface area contributed by atoms with Crippen LogP contribution in [0.5, 0.6) is 0 Å². The lowest BCUT2D eigenvalue weighted by atomic mass is 9.76. The van der Waals surface area contributed by atoms with Gasteiger partial charge in [0.15, 0.2) is 0 Å². The molecule has 3 unspecified atom stereocenters. The topological polar surface area (TPSA) is 63.3 Å². The molecule has 3 atom stereocenters. The molecule has 0 spiro atoms. The van der Waals surface area contributed by atoms with Crippen LogP contribution in [-0.2, 0) is 4.79 Å². The van der Waals surface area contributed by atoms with Gasteiger partial charge in [-0.3, -0.25) is 4.79 Å². The quantitative estimate of drug-likeness (QED) is 0.702. The van der Waals surface area contributed by atoms with Crippen LogP contribution in [0.3, 0.4) is 0 Å². The zero-order valence-electron chi connectivity index (χ0n) is 8.20. The van der Waals surface area contributed by atoms with Gasteiger partial charge < -0.3 is 10.8 Å². The van der Waals surface area contributed by atoms with E-state index < -0.39 is 5.97 Å². The molecular weight excluding hydrogens is 166 g/mol. The smallest absolute Gasteiger partial charge is 0.303 e. The lowest BCUT2D eigenvalue weighted by Gasteiger charge is -2.32. The zero-order valence-corrected chi connectivity index (χ0v) is 8.20. The van der Waals surface area contributed by atoms with E-state index >= 15 is 0 Å². The average molecular weight is 185 g/mol. The van der Waals surface area contributed by atoms with E-state index in [2.05, 4.69) is 0 Å². The zero-order chi connectivity index (χ0) is 9.84. The minimum Gasteiger partial charge on any atom is -0.481 e. The summed E-state index contributed by atoms with van der Waals surface area (Å²) in [6.07, 6.45) is 4.85. The SMILES string of the molecule is CC(CC(=O)O)C1CCCCC1N. The second kappa shape index (κ2) is 4.61. The van der Waals surface area contributed by atoms with Crippen molar-refractivity contribution in [2.75, 3.05) is 0 Å². The summed E-state index contributed by atoms with van der Waals surface area (Å²) in [4.78, 5) is 10.5. The number of hydrogen-bond donors (Lipinski definition) is 2. The van der Waals surface area contributed by atoms with Crippen LogP contribution in [0.4, 0.5) is 0 Å². The molecule has 0 saturated heterocycles. The molecule has 76 valence electrons. The first-order valence-corrected chi connectivity index (χ1v) is 5.08. The lowest BCUT2D eigenvalue weighted by molar-refractivity contribution is -0.138. The van der Waals surface area contributed by atoms with Gasteiger partial charge in [0.2, 0.25) is 0 Å². The monoisotopic (exact) mass is 185 g/mol. The van der Waals surface area contributed by atoms with E-state index in [-0.39, 0.29) is 18.4 Å². The minimum atomic E-state index is -0.703. The summed E-state index contributed by atoms with van der Waals surface area (Å²) in [5.74, 6) is -0.0528. The molecule has 1 rings (SSSR count). The van der Waals surface area contributed by atoms with Gasteiger partial charge >= 0.3 is 5.97 Å². The number of rotatable bonds is 3. The normalized spacial score (nSPS) is 31.2. The predicted molar refractivity (Wildman–Crippen MR) is 51.4 cm³/mol. The standard InChI is InChI=1S/C10H19NO2/c1-7(6-10(12)13)8-4-2-3-5-9(8)11/h7-9H,2-6,11H2,1H3,(H,12,13). The van der Waals surface area contributed by atoms with Crippen LogP contribution in [-0.4, -0.2) is 17.1 Å². The lowest BCUT2D eigenvalue weighted by Crippen LogP contribution is -2.37. The van der Waals surface area contributed by atoms with Crippen molar-refractivity contribution in [1.29, 1.82) is 0 Å². The first-order valence-electron chi connectivity index (χ1n) is 5.08. The van der Waals surface area contributed by atoms with Gasteiger partial charge in [-0.05, 0) is 24.7 Å². The minimum absolute atomic E-state index is 0.225. The third-order valence-corrected chi connectivity index (χ3v) is 3.10. The van der Waals surface area contributed by atoms with E-state index in [0.29, 0.717) is 5.92 Å². The summed E-state index contributed by atoms with van der Waals surface area (Å²) >= 11 is 0. The van der Waals surface area contributed by atoms with E-state index in [1.165, 1.54) is 12.8 Å². The van der Waals surface area contributed by atoms with Crippen molar-refractivity contribution in [3.63, 3.8) is 0 Å². The molecular formula is C10H19NO2. The summed E-state index contributed by atoms with van der Waals surface area (Å²) in [7, 11) is 0. The Labute approximate surface area is 79.3 Å². The third kappa shape index (κ3) is 2.99. The molecule has 0 aromatic heterocycles. The van der Waals surface area contributed by atoms with Crippen molar-refractivity contribution >= 4 is 5.97 Å². The van der Waals surface area contributed by atoms with Gasteiger partial charge in [-0.1, -0.05) is 19.8 Å². The Kier molecular flexibility index (Phi) is 3.72. The number of nitrogens with two attached hydrogens (primary N) is 1. The van der Waals surface area contributed by atoms with Gasteiger partial charge in [0.05, 0.1) is 0 Å². The van der Waals surface area contributed by atoms with E-state index in [1.54, 1.807) is 0 Å². The number of carboxylic acid groups (broad SMARTS) is 1. The second-order valence-electron chi connectivity index (χ2n) is 4.19. The van der Waals surface area contributed by atoms with Crippen LogP contribution in [0.2, 0.25) is 0 Å². The molecule has 0 aromatic carbocycles. The molecule has 0 aromatic rings. The summed E-state index contributed by atoms with van der Waals surface area (Å²) in [5.41, 5.74) is 5.96. The fourth-order valence-electron chi connectivity index (χ4n) is 2.32. The van der Waals surface area contributed by atoms with E-state index in [1.807, 2.05) is 6.92 Å². The molecule has 0 aliphatic heterocycles. The Balaban J connectivity index is 2.43. The Morgan fingerprint density at radius 2 is 2.15 bits per heavy atom. The maximum absolute atomic E-state index is 10.5. The van der Waals surface area contributed by atoms with E-state index in [0.717, 1.165) is 12.8 Å². The van der Waals surface area contributed by atoms with Gasteiger partial charge in [-0.15, -0.1) is 0 Å².